The third-order valence-electron chi connectivity index (χ3n) is 7.34. The van der Waals surface area contributed by atoms with Crippen molar-refractivity contribution in [2.24, 2.45) is 5.92 Å². The van der Waals surface area contributed by atoms with Gasteiger partial charge in [0.05, 0.1) is 54.9 Å². The molecule has 1 aliphatic carbocycles. The molecule has 1 aliphatic rings. The third kappa shape index (κ3) is 8.46. The Balaban J connectivity index is 1.54. The number of rotatable bonds is 10. The van der Waals surface area contributed by atoms with Crippen LogP contribution in [0.3, 0.4) is 0 Å². The van der Waals surface area contributed by atoms with Gasteiger partial charge in [-0.15, -0.1) is 0 Å². The number of hydrogen-bond donors (Lipinski definition) is 3. The summed E-state index contributed by atoms with van der Waals surface area (Å²) >= 11 is 0. The first kappa shape index (κ1) is 32.7. The van der Waals surface area contributed by atoms with Crippen molar-refractivity contribution in [1.29, 1.82) is 0 Å². The van der Waals surface area contributed by atoms with Crippen LogP contribution < -0.4 is 10.6 Å². The Kier molecular flexibility index (Phi) is 10.5. The highest BCUT2D eigenvalue weighted by molar-refractivity contribution is 5.68. The van der Waals surface area contributed by atoms with Gasteiger partial charge in [0.1, 0.15) is 28.7 Å². The topological polar surface area (TPSA) is 123 Å². The van der Waals surface area contributed by atoms with E-state index in [0.29, 0.717) is 24.2 Å². The summed E-state index contributed by atoms with van der Waals surface area (Å²) in [5.74, 6) is -3.76. The lowest BCUT2D eigenvalue weighted by Crippen LogP contribution is -2.52. The number of carboxylic acid groups (broad SMARTS) is 1. The van der Waals surface area contributed by atoms with Gasteiger partial charge >= 0.3 is 12.1 Å². The van der Waals surface area contributed by atoms with Crippen molar-refractivity contribution in [1.82, 2.24) is 15.3 Å². The quantitative estimate of drug-likeness (QED) is 0.239. The number of ether oxygens (including phenoxy) is 2. The summed E-state index contributed by atoms with van der Waals surface area (Å²) in [6, 6.07) is 7.25. The molecule has 3 N–H and O–H groups in total. The molecule has 0 bridgehead atoms. The van der Waals surface area contributed by atoms with Gasteiger partial charge in [0.2, 0.25) is 0 Å². The van der Waals surface area contributed by atoms with E-state index in [0.717, 1.165) is 23.8 Å². The number of alkyl carbamates (subject to hydrolysis) is 1. The maximum absolute atomic E-state index is 14.6. The van der Waals surface area contributed by atoms with Crippen LogP contribution in [0.4, 0.5) is 23.7 Å². The molecule has 0 aliphatic heterocycles. The number of carbonyl (C=O) groups is 2. The second kappa shape index (κ2) is 14.1. The molecule has 236 valence electrons. The van der Waals surface area contributed by atoms with Crippen LogP contribution in [-0.4, -0.2) is 51.5 Å². The highest BCUT2D eigenvalue weighted by Crippen LogP contribution is 2.40. The van der Waals surface area contributed by atoms with E-state index >= 15 is 0 Å². The van der Waals surface area contributed by atoms with E-state index < -0.39 is 58.5 Å². The summed E-state index contributed by atoms with van der Waals surface area (Å²) in [6.45, 7) is 7.40. The molecular weight excluding hydrogens is 577 g/mol. The highest BCUT2D eigenvalue weighted by atomic mass is 19.1. The van der Waals surface area contributed by atoms with Gasteiger partial charge in [0.25, 0.3) is 0 Å². The number of anilines is 1. The summed E-state index contributed by atoms with van der Waals surface area (Å²) in [4.78, 5) is 32.3. The Morgan fingerprint density at radius 2 is 1.77 bits per heavy atom. The third-order valence-corrected chi connectivity index (χ3v) is 7.34. The number of pyridine rings is 2. The minimum Gasteiger partial charge on any atom is -0.481 e. The molecule has 3 aromatic rings. The normalized spacial score (nSPS) is 20.2. The fourth-order valence-electron chi connectivity index (χ4n) is 5.51. The van der Waals surface area contributed by atoms with Gasteiger partial charge in [0, 0.05) is 6.20 Å². The van der Waals surface area contributed by atoms with Gasteiger partial charge in [-0.25, -0.2) is 22.9 Å². The molecule has 1 fully saturated rings. The molecule has 0 radical (unpaired) electrons. The van der Waals surface area contributed by atoms with Gasteiger partial charge in [-0.1, -0.05) is 13.0 Å². The predicted molar refractivity (Wildman–Crippen MR) is 157 cm³/mol. The van der Waals surface area contributed by atoms with Gasteiger partial charge in [-0.2, -0.15) is 0 Å². The zero-order valence-electron chi connectivity index (χ0n) is 25.1. The van der Waals surface area contributed by atoms with Crippen molar-refractivity contribution in [3.63, 3.8) is 0 Å². The number of carbonyl (C=O) groups excluding carboxylic acids is 1. The number of carboxylic acids is 1. The monoisotopic (exact) mass is 614 g/mol. The summed E-state index contributed by atoms with van der Waals surface area (Å²) in [6.07, 6.45) is 3.27. The summed E-state index contributed by atoms with van der Waals surface area (Å²) in [5.41, 5.74) is 0.279. The van der Waals surface area contributed by atoms with Crippen molar-refractivity contribution in [2.75, 3.05) is 11.9 Å². The van der Waals surface area contributed by atoms with Crippen LogP contribution in [-0.2, 0) is 20.8 Å². The van der Waals surface area contributed by atoms with Crippen molar-refractivity contribution >= 4 is 17.7 Å². The van der Waals surface area contributed by atoms with Crippen LogP contribution in [0.5, 0.6) is 0 Å². The Hall–Kier alpha value is -4.19. The fraction of sp³-hybridized carbons (Fsp3) is 0.438. The van der Waals surface area contributed by atoms with E-state index in [1.165, 1.54) is 12.1 Å². The second-order valence-electron chi connectivity index (χ2n) is 11.9. The number of nitrogens with zero attached hydrogens (tertiary/aromatic N) is 2. The van der Waals surface area contributed by atoms with Gasteiger partial charge in [0.15, 0.2) is 0 Å². The van der Waals surface area contributed by atoms with E-state index in [1.807, 2.05) is 13.0 Å². The maximum Gasteiger partial charge on any atom is 0.407 e. The minimum absolute atomic E-state index is 0.00695. The van der Waals surface area contributed by atoms with Crippen LogP contribution in [0.1, 0.15) is 64.1 Å². The average molecular weight is 615 g/mol. The van der Waals surface area contributed by atoms with Crippen molar-refractivity contribution in [3.8, 4) is 11.3 Å². The van der Waals surface area contributed by atoms with Crippen LogP contribution in [0.15, 0.2) is 48.8 Å². The predicted octanol–water partition coefficient (Wildman–Crippen LogP) is 6.44. The average Bonchev–Trinajstić information content (AvgIpc) is 2.93. The zero-order valence-corrected chi connectivity index (χ0v) is 25.1. The molecule has 2 aromatic heterocycles. The fourth-order valence-corrected chi connectivity index (χ4v) is 5.51. The molecule has 9 nitrogen and oxygen atoms in total. The summed E-state index contributed by atoms with van der Waals surface area (Å²) < 4.78 is 54.8. The number of benzene rings is 1. The van der Waals surface area contributed by atoms with Crippen molar-refractivity contribution in [2.45, 2.75) is 77.2 Å². The van der Waals surface area contributed by atoms with Crippen LogP contribution >= 0.6 is 0 Å². The number of hydrogen-bond acceptors (Lipinski definition) is 7. The van der Waals surface area contributed by atoms with Gasteiger partial charge < -0.3 is 25.2 Å². The van der Waals surface area contributed by atoms with E-state index in [4.69, 9.17) is 14.6 Å². The first-order chi connectivity index (χ1) is 20.8. The lowest BCUT2D eigenvalue weighted by molar-refractivity contribution is -0.139. The maximum atomic E-state index is 14.6. The van der Waals surface area contributed by atoms with Crippen molar-refractivity contribution in [3.05, 3.63) is 77.5 Å². The molecule has 0 saturated heterocycles. The molecule has 1 amide bonds. The molecule has 0 unspecified atom stereocenters. The van der Waals surface area contributed by atoms with Crippen molar-refractivity contribution < 1.29 is 37.3 Å². The van der Waals surface area contributed by atoms with E-state index in [9.17, 15) is 22.8 Å². The van der Waals surface area contributed by atoms with E-state index in [-0.39, 0.29) is 31.4 Å². The van der Waals surface area contributed by atoms with Gasteiger partial charge in [-0.3, -0.25) is 9.78 Å². The Morgan fingerprint density at radius 1 is 1.05 bits per heavy atom. The molecule has 4 atom stereocenters. The number of nitrogens with one attached hydrogen (secondary N) is 2. The Morgan fingerprint density at radius 3 is 2.45 bits per heavy atom. The van der Waals surface area contributed by atoms with E-state index in [2.05, 4.69) is 20.6 Å². The molecular formula is C32H37F3N4O5. The minimum atomic E-state index is -0.975. The van der Waals surface area contributed by atoms with E-state index in [1.54, 1.807) is 33.2 Å². The molecule has 4 rings (SSSR count). The second-order valence-corrected chi connectivity index (χ2v) is 11.9. The number of halogens is 3. The lowest BCUT2D eigenvalue weighted by atomic mass is 9.74. The largest absolute Gasteiger partial charge is 0.481 e. The molecule has 1 saturated carbocycles. The summed E-state index contributed by atoms with van der Waals surface area (Å²) in [5, 5.41) is 15.3. The van der Waals surface area contributed by atoms with Crippen LogP contribution in [0.25, 0.3) is 11.3 Å². The van der Waals surface area contributed by atoms with Crippen LogP contribution in [0, 0.1) is 23.4 Å². The molecule has 44 heavy (non-hydrogen) atoms. The first-order valence-electron chi connectivity index (χ1n) is 14.4. The SMILES string of the molecule is C[C@@H]1C[C@H](c2ccncc2NCc2ccc(F)c(-c3c(F)cccc3F)n2)C[C@H](NC(=O)OC(C)(C)C)[C@H]1OCCC(=O)O. The summed E-state index contributed by atoms with van der Waals surface area (Å²) in [7, 11) is 0. The van der Waals surface area contributed by atoms with Gasteiger partial charge in [-0.05, 0) is 81.3 Å². The Bertz CT molecular complexity index is 1460. The number of aliphatic carboxylic acids is 1. The number of aromatic nitrogens is 2. The number of amides is 1. The lowest BCUT2D eigenvalue weighted by Gasteiger charge is -2.41. The Labute approximate surface area is 254 Å². The van der Waals surface area contributed by atoms with Crippen LogP contribution in [0.2, 0.25) is 0 Å². The first-order valence-corrected chi connectivity index (χ1v) is 14.4. The molecule has 1 aromatic carbocycles. The highest BCUT2D eigenvalue weighted by Gasteiger charge is 2.39. The standard InChI is InChI=1S/C32H37F3N4O5/c1-18-14-19(15-25(30(18)43-13-11-27(40)41)39-31(42)44-32(2,3)4)21-10-12-36-17-26(21)37-16-20-8-9-24(35)29(38-20)28-22(33)6-5-7-23(28)34/h5-10,12,17-19,25,30,37H,11,13-16H2,1-4H3,(H,39,42)(H,40,41)/t18-,19+,25+,30+/m1/s1. The smallest absolute Gasteiger partial charge is 0.407 e. The molecule has 12 heteroatoms. The zero-order chi connectivity index (χ0) is 32.0. The molecule has 2 heterocycles. The molecule has 0 spiro atoms.